The molecule has 3 fully saturated rings. The summed E-state index contributed by atoms with van der Waals surface area (Å²) < 4.78 is 5.41. The van der Waals surface area contributed by atoms with Gasteiger partial charge in [0.1, 0.15) is 11.7 Å². The molecule has 1 aliphatic heterocycles. The number of carbonyl (C=O) groups excluding carboxylic acids is 1. The Morgan fingerprint density at radius 3 is 2.71 bits per heavy atom. The van der Waals surface area contributed by atoms with Crippen LogP contribution in [0.25, 0.3) is 0 Å². The molecule has 0 aromatic rings. The molecule has 0 spiro atoms. The van der Waals surface area contributed by atoms with E-state index in [1.165, 1.54) is 0 Å². The highest BCUT2D eigenvalue weighted by Gasteiger charge is 2.64. The number of esters is 1. The highest BCUT2D eigenvalue weighted by Crippen LogP contribution is 2.54. The molecule has 0 amide bonds. The van der Waals surface area contributed by atoms with Crippen LogP contribution in [0.15, 0.2) is 12.2 Å². The van der Waals surface area contributed by atoms with Gasteiger partial charge in [0.15, 0.2) is 0 Å². The van der Waals surface area contributed by atoms with Crippen molar-refractivity contribution in [1.29, 1.82) is 0 Å². The number of carbonyl (C=O) groups is 1. The second kappa shape index (κ2) is 4.78. The van der Waals surface area contributed by atoms with Crippen molar-refractivity contribution >= 4 is 5.97 Å². The summed E-state index contributed by atoms with van der Waals surface area (Å²) in [5.74, 6) is -2.25. The van der Waals surface area contributed by atoms with Gasteiger partial charge in [0, 0.05) is 11.8 Å². The van der Waals surface area contributed by atoms with Gasteiger partial charge < -0.3 is 25.2 Å². The van der Waals surface area contributed by atoms with Gasteiger partial charge in [0.2, 0.25) is 0 Å². The molecule has 1 saturated heterocycles. The lowest BCUT2D eigenvalue weighted by atomic mass is 9.75. The minimum atomic E-state index is -1.73. The maximum Gasteiger partial charge on any atom is 0.309 e. The molecule has 2 saturated carbocycles. The normalized spacial score (nSPS) is 53.1. The summed E-state index contributed by atoms with van der Waals surface area (Å²) >= 11 is 0. The lowest BCUT2D eigenvalue weighted by Gasteiger charge is -2.37. The lowest BCUT2D eigenvalue weighted by molar-refractivity contribution is -0.162. The molecule has 1 heterocycles. The maximum atomic E-state index is 11.9. The topological polar surface area (TPSA) is 107 Å². The van der Waals surface area contributed by atoms with Gasteiger partial charge in [-0.1, -0.05) is 19.1 Å². The molecule has 3 rings (SSSR count). The van der Waals surface area contributed by atoms with E-state index in [1.807, 2.05) is 0 Å². The Labute approximate surface area is 123 Å². The van der Waals surface area contributed by atoms with E-state index in [2.05, 4.69) is 6.58 Å². The minimum Gasteiger partial charge on any atom is -0.461 e. The van der Waals surface area contributed by atoms with Gasteiger partial charge >= 0.3 is 5.97 Å². The van der Waals surface area contributed by atoms with Gasteiger partial charge in [-0.15, -0.1) is 0 Å². The fourth-order valence-corrected chi connectivity index (χ4v) is 4.49. The van der Waals surface area contributed by atoms with E-state index < -0.39 is 54.2 Å². The Balaban J connectivity index is 2.07. The van der Waals surface area contributed by atoms with Crippen LogP contribution in [-0.2, 0) is 9.53 Å². The Hall–Kier alpha value is -0.950. The van der Waals surface area contributed by atoms with Crippen molar-refractivity contribution in [3.63, 3.8) is 0 Å². The molecule has 3 aliphatic rings. The van der Waals surface area contributed by atoms with Crippen LogP contribution in [0, 0.1) is 23.7 Å². The van der Waals surface area contributed by atoms with Crippen LogP contribution in [0.3, 0.4) is 0 Å². The standard InChI is InChI=1S/C15H22O6/c1-6-3-9(17)11-7(2)14(19)21-13(11)12-8(6)4-10(18)15(12,20)5-16/h7-13,16-18,20H,1,3-5H2,2H3. The SMILES string of the molecule is C=C1CC(O)C2C(C)C(=O)OC2C2C1CC(O)C2(O)CO. The van der Waals surface area contributed by atoms with Gasteiger partial charge in [0.25, 0.3) is 0 Å². The first-order chi connectivity index (χ1) is 9.81. The third kappa shape index (κ3) is 1.90. The predicted octanol–water partition coefficient (Wildman–Crippen LogP) is -0.795. The van der Waals surface area contributed by atoms with Crippen molar-refractivity contribution in [2.24, 2.45) is 23.7 Å². The van der Waals surface area contributed by atoms with E-state index in [4.69, 9.17) is 4.74 Å². The first kappa shape index (κ1) is 15.0. The average Bonchev–Trinajstić information content (AvgIpc) is 2.82. The highest BCUT2D eigenvalue weighted by atomic mass is 16.6. The number of aliphatic hydroxyl groups is 4. The van der Waals surface area contributed by atoms with E-state index in [9.17, 15) is 25.2 Å². The van der Waals surface area contributed by atoms with E-state index in [0.717, 1.165) is 5.57 Å². The molecule has 8 unspecified atom stereocenters. The summed E-state index contributed by atoms with van der Waals surface area (Å²) in [6, 6.07) is 0. The van der Waals surface area contributed by atoms with Crippen LogP contribution in [0.4, 0.5) is 0 Å². The summed E-state index contributed by atoms with van der Waals surface area (Å²) in [4.78, 5) is 11.9. The summed E-state index contributed by atoms with van der Waals surface area (Å²) in [5.41, 5.74) is -1.00. The smallest absolute Gasteiger partial charge is 0.309 e. The van der Waals surface area contributed by atoms with Crippen molar-refractivity contribution in [3.05, 3.63) is 12.2 Å². The largest absolute Gasteiger partial charge is 0.461 e. The first-order valence-electron chi connectivity index (χ1n) is 7.38. The number of hydrogen-bond donors (Lipinski definition) is 4. The van der Waals surface area contributed by atoms with E-state index in [1.54, 1.807) is 6.92 Å². The van der Waals surface area contributed by atoms with Crippen molar-refractivity contribution in [2.75, 3.05) is 6.61 Å². The van der Waals surface area contributed by atoms with Crippen LogP contribution in [0.5, 0.6) is 0 Å². The predicted molar refractivity (Wildman–Crippen MR) is 71.9 cm³/mol. The highest BCUT2D eigenvalue weighted by molar-refractivity contribution is 5.75. The van der Waals surface area contributed by atoms with Crippen LogP contribution in [0.2, 0.25) is 0 Å². The molecule has 21 heavy (non-hydrogen) atoms. The Morgan fingerprint density at radius 2 is 2.10 bits per heavy atom. The fraction of sp³-hybridized carbons (Fsp3) is 0.800. The molecular formula is C15H22O6. The molecular weight excluding hydrogens is 276 g/mol. The molecule has 4 N–H and O–H groups in total. The molecule has 2 aliphatic carbocycles. The van der Waals surface area contributed by atoms with Crippen molar-refractivity contribution in [1.82, 2.24) is 0 Å². The van der Waals surface area contributed by atoms with E-state index in [-0.39, 0.29) is 12.3 Å². The Bertz CT molecular complexity index is 477. The van der Waals surface area contributed by atoms with Crippen molar-refractivity contribution in [2.45, 2.75) is 43.7 Å². The van der Waals surface area contributed by atoms with Gasteiger partial charge in [0.05, 0.1) is 24.7 Å². The fourth-order valence-electron chi connectivity index (χ4n) is 4.49. The third-order valence-corrected chi connectivity index (χ3v) is 5.69. The Kier molecular flexibility index (Phi) is 3.40. The van der Waals surface area contributed by atoms with Crippen molar-refractivity contribution in [3.8, 4) is 0 Å². The zero-order valence-corrected chi connectivity index (χ0v) is 12.0. The molecule has 118 valence electrons. The van der Waals surface area contributed by atoms with Gasteiger partial charge in [-0.2, -0.15) is 0 Å². The van der Waals surface area contributed by atoms with Gasteiger partial charge in [-0.05, 0) is 18.8 Å². The minimum absolute atomic E-state index is 0.252. The lowest BCUT2D eigenvalue weighted by Crippen LogP contribution is -2.53. The third-order valence-electron chi connectivity index (χ3n) is 5.69. The molecule has 0 radical (unpaired) electrons. The van der Waals surface area contributed by atoms with Crippen LogP contribution in [0.1, 0.15) is 19.8 Å². The monoisotopic (exact) mass is 298 g/mol. The van der Waals surface area contributed by atoms with Crippen LogP contribution < -0.4 is 0 Å². The zero-order chi connectivity index (χ0) is 15.5. The average molecular weight is 298 g/mol. The zero-order valence-electron chi connectivity index (χ0n) is 12.0. The Morgan fingerprint density at radius 1 is 1.43 bits per heavy atom. The molecule has 0 aromatic heterocycles. The van der Waals surface area contributed by atoms with Gasteiger partial charge in [-0.25, -0.2) is 0 Å². The number of fused-ring (bicyclic) bond motifs is 3. The van der Waals surface area contributed by atoms with Crippen LogP contribution >= 0.6 is 0 Å². The summed E-state index contributed by atoms with van der Waals surface area (Å²) in [5, 5.41) is 40.8. The molecule has 8 atom stereocenters. The first-order valence-corrected chi connectivity index (χ1v) is 7.38. The van der Waals surface area contributed by atoms with E-state index >= 15 is 0 Å². The number of aliphatic hydroxyl groups excluding tert-OH is 3. The summed E-state index contributed by atoms with van der Waals surface area (Å²) in [6.45, 7) is 5.05. The number of hydrogen-bond acceptors (Lipinski definition) is 6. The summed E-state index contributed by atoms with van der Waals surface area (Å²) in [6.07, 6.45) is -2.00. The molecule has 0 bridgehead atoms. The van der Waals surface area contributed by atoms with Gasteiger partial charge in [-0.3, -0.25) is 4.79 Å². The molecule has 6 heteroatoms. The molecule has 6 nitrogen and oxygen atoms in total. The quantitative estimate of drug-likeness (QED) is 0.373. The number of rotatable bonds is 1. The van der Waals surface area contributed by atoms with Crippen LogP contribution in [-0.4, -0.2) is 56.9 Å². The number of ether oxygens (including phenoxy) is 1. The second-order valence-corrected chi connectivity index (χ2v) is 6.73. The van der Waals surface area contributed by atoms with E-state index in [0.29, 0.717) is 6.42 Å². The molecule has 0 aromatic carbocycles. The maximum absolute atomic E-state index is 11.9. The second-order valence-electron chi connectivity index (χ2n) is 6.73. The van der Waals surface area contributed by atoms with Crippen molar-refractivity contribution < 1.29 is 30.0 Å². The summed E-state index contributed by atoms with van der Waals surface area (Å²) in [7, 11) is 0.